The predicted molar refractivity (Wildman–Crippen MR) is 69.1 cm³/mol. The average Bonchev–Trinajstić information content (AvgIpc) is 2.76. The molecular weight excluding hydrogens is 228 g/mol. The predicted octanol–water partition coefficient (Wildman–Crippen LogP) is 2.57. The Morgan fingerprint density at radius 2 is 2.00 bits per heavy atom. The molecule has 0 unspecified atom stereocenters. The molecule has 0 heterocycles. The Balaban J connectivity index is 2.64. The van der Waals surface area contributed by atoms with Gasteiger partial charge in [0.15, 0.2) is 0 Å². The maximum Gasteiger partial charge on any atom is 0.328 e. The topological polar surface area (TPSA) is 62.1 Å². The van der Waals surface area contributed by atoms with Crippen molar-refractivity contribution < 1.29 is 9.63 Å². The van der Waals surface area contributed by atoms with Crippen LogP contribution in [0.3, 0.4) is 0 Å². The van der Waals surface area contributed by atoms with Gasteiger partial charge >= 0.3 is 5.97 Å². The van der Waals surface area contributed by atoms with Gasteiger partial charge in [-0.15, -0.1) is 5.48 Å². The number of nitrogens with zero attached hydrogens (tertiary/aromatic N) is 1. The minimum atomic E-state index is -0.261. The van der Waals surface area contributed by atoms with Gasteiger partial charge in [0.05, 0.1) is 12.0 Å². The first kappa shape index (κ1) is 14.7. The van der Waals surface area contributed by atoms with E-state index in [0.717, 1.165) is 0 Å². The van der Waals surface area contributed by atoms with Crippen molar-refractivity contribution in [3.63, 3.8) is 0 Å². The Kier molecular flexibility index (Phi) is 3.87. The Morgan fingerprint density at radius 3 is 2.44 bits per heavy atom. The minimum Gasteiger partial charge on any atom is -0.370 e. The summed E-state index contributed by atoms with van der Waals surface area (Å²) in [5, 5.41) is 8.77. The van der Waals surface area contributed by atoms with Crippen LogP contribution in [0, 0.1) is 28.6 Å². The van der Waals surface area contributed by atoms with E-state index in [2.05, 4.69) is 11.5 Å². The fourth-order valence-corrected chi connectivity index (χ4v) is 2.01. The van der Waals surface area contributed by atoms with Crippen LogP contribution in [0.2, 0.25) is 0 Å². The molecule has 1 aliphatic rings. The normalized spacial score (nSPS) is 26.4. The van der Waals surface area contributed by atoms with Gasteiger partial charge in [-0.05, 0) is 39.0 Å². The molecule has 1 aliphatic carbocycles. The molecule has 0 aromatic heterocycles. The first-order chi connectivity index (χ1) is 8.09. The van der Waals surface area contributed by atoms with Crippen molar-refractivity contribution in [2.75, 3.05) is 0 Å². The van der Waals surface area contributed by atoms with Crippen LogP contribution in [0.25, 0.3) is 0 Å². The lowest BCUT2D eigenvalue weighted by Gasteiger charge is -2.19. The molecule has 1 fully saturated rings. The number of nitrogens with one attached hydrogen (secondary N) is 1. The van der Waals surface area contributed by atoms with Gasteiger partial charge in [0.2, 0.25) is 0 Å². The highest BCUT2D eigenvalue weighted by Gasteiger charge is 2.61. The molecule has 1 saturated carbocycles. The van der Waals surface area contributed by atoms with E-state index in [4.69, 9.17) is 10.1 Å². The van der Waals surface area contributed by atoms with Crippen LogP contribution in [0.5, 0.6) is 0 Å². The van der Waals surface area contributed by atoms with Crippen molar-refractivity contribution in [2.24, 2.45) is 17.3 Å². The zero-order chi connectivity index (χ0) is 14.1. The number of hydrogen-bond donors (Lipinski definition) is 1. The van der Waals surface area contributed by atoms with Gasteiger partial charge in [-0.25, -0.2) is 0 Å². The summed E-state index contributed by atoms with van der Waals surface area (Å²) in [6.45, 7) is 11.6. The standard InChI is InChI=1S/C14H22N2O2/c1-9(8-15)7-10-11(14(10,5)6)12(17)18-16-13(2,3)4/h7,10-11,16H,1-6H3/b9-7+/t10-,11+/m1/s1. The number of carbonyl (C=O) groups excluding carboxylic acids is 1. The van der Waals surface area contributed by atoms with E-state index in [1.54, 1.807) is 6.92 Å². The second kappa shape index (κ2) is 4.74. The summed E-state index contributed by atoms with van der Waals surface area (Å²) in [4.78, 5) is 17.1. The molecule has 0 saturated heterocycles. The van der Waals surface area contributed by atoms with Crippen molar-refractivity contribution in [3.8, 4) is 6.07 Å². The van der Waals surface area contributed by atoms with E-state index >= 15 is 0 Å². The molecular formula is C14H22N2O2. The Labute approximate surface area is 109 Å². The highest BCUT2D eigenvalue weighted by Crippen LogP contribution is 2.59. The molecule has 18 heavy (non-hydrogen) atoms. The fourth-order valence-electron chi connectivity index (χ4n) is 2.01. The molecule has 0 bridgehead atoms. The summed E-state index contributed by atoms with van der Waals surface area (Å²) in [6, 6.07) is 2.08. The first-order valence-corrected chi connectivity index (χ1v) is 6.16. The van der Waals surface area contributed by atoms with Gasteiger partial charge in [0.1, 0.15) is 0 Å². The van der Waals surface area contributed by atoms with Crippen LogP contribution in [-0.2, 0) is 9.63 Å². The summed E-state index contributed by atoms with van der Waals surface area (Å²) < 4.78 is 0. The van der Waals surface area contributed by atoms with Crippen LogP contribution in [0.1, 0.15) is 41.5 Å². The lowest BCUT2D eigenvalue weighted by Crippen LogP contribution is -2.38. The highest BCUT2D eigenvalue weighted by molar-refractivity contribution is 5.78. The molecule has 0 aliphatic heterocycles. The number of rotatable bonds is 3. The van der Waals surface area contributed by atoms with Crippen molar-refractivity contribution in [1.29, 1.82) is 5.26 Å². The van der Waals surface area contributed by atoms with Gasteiger partial charge in [-0.3, -0.25) is 4.79 Å². The number of nitriles is 1. The molecule has 0 spiro atoms. The Bertz CT molecular complexity index is 410. The summed E-state index contributed by atoms with van der Waals surface area (Å²) in [6.07, 6.45) is 1.86. The van der Waals surface area contributed by atoms with Crippen molar-refractivity contribution in [1.82, 2.24) is 5.48 Å². The number of hydroxylamine groups is 1. The summed E-state index contributed by atoms with van der Waals surface area (Å²) >= 11 is 0. The first-order valence-electron chi connectivity index (χ1n) is 6.16. The molecule has 0 aromatic rings. The zero-order valence-electron chi connectivity index (χ0n) is 12.0. The molecule has 0 radical (unpaired) electrons. The lowest BCUT2D eigenvalue weighted by atomic mass is 10.1. The van der Waals surface area contributed by atoms with Crippen molar-refractivity contribution >= 4 is 5.97 Å². The molecule has 2 atom stereocenters. The van der Waals surface area contributed by atoms with E-state index in [0.29, 0.717) is 5.57 Å². The van der Waals surface area contributed by atoms with Crippen LogP contribution in [0.4, 0.5) is 0 Å². The Morgan fingerprint density at radius 1 is 1.44 bits per heavy atom. The quantitative estimate of drug-likeness (QED) is 0.617. The number of hydrogen-bond acceptors (Lipinski definition) is 4. The zero-order valence-corrected chi connectivity index (χ0v) is 12.0. The molecule has 1 rings (SSSR count). The number of carbonyl (C=O) groups is 1. The molecule has 100 valence electrons. The van der Waals surface area contributed by atoms with Gasteiger partial charge in [-0.1, -0.05) is 19.9 Å². The van der Waals surface area contributed by atoms with E-state index in [-0.39, 0.29) is 28.8 Å². The molecule has 4 nitrogen and oxygen atoms in total. The molecule has 0 amide bonds. The maximum absolute atomic E-state index is 12.0. The van der Waals surface area contributed by atoms with E-state index < -0.39 is 0 Å². The third kappa shape index (κ3) is 3.33. The van der Waals surface area contributed by atoms with Gasteiger partial charge in [0, 0.05) is 11.1 Å². The van der Waals surface area contributed by atoms with Crippen LogP contribution in [-0.4, -0.2) is 11.5 Å². The molecule has 1 N–H and O–H groups in total. The van der Waals surface area contributed by atoms with Crippen molar-refractivity contribution in [3.05, 3.63) is 11.6 Å². The second-order valence-corrected chi connectivity index (χ2v) is 6.56. The third-order valence-corrected chi connectivity index (χ3v) is 3.23. The highest BCUT2D eigenvalue weighted by atomic mass is 16.7. The van der Waals surface area contributed by atoms with Crippen LogP contribution in [0.15, 0.2) is 11.6 Å². The van der Waals surface area contributed by atoms with Gasteiger partial charge in [-0.2, -0.15) is 5.26 Å². The van der Waals surface area contributed by atoms with E-state index in [1.165, 1.54) is 0 Å². The van der Waals surface area contributed by atoms with Gasteiger partial charge in [0.25, 0.3) is 0 Å². The summed E-state index contributed by atoms with van der Waals surface area (Å²) in [5.41, 5.74) is 2.99. The maximum atomic E-state index is 12.0. The monoisotopic (exact) mass is 250 g/mol. The van der Waals surface area contributed by atoms with Crippen molar-refractivity contribution in [2.45, 2.75) is 47.1 Å². The number of allylic oxidation sites excluding steroid dienone is 2. The van der Waals surface area contributed by atoms with Crippen LogP contribution >= 0.6 is 0 Å². The fraction of sp³-hybridized carbons (Fsp3) is 0.714. The Hall–Kier alpha value is -1.34. The van der Waals surface area contributed by atoms with E-state index in [9.17, 15) is 4.79 Å². The molecule has 0 aromatic carbocycles. The largest absolute Gasteiger partial charge is 0.370 e. The van der Waals surface area contributed by atoms with Gasteiger partial charge < -0.3 is 4.84 Å². The summed E-state index contributed by atoms with van der Waals surface area (Å²) in [5.74, 6) is -0.330. The second-order valence-electron chi connectivity index (χ2n) is 6.56. The minimum absolute atomic E-state index is 0.0893. The summed E-state index contributed by atoms with van der Waals surface area (Å²) in [7, 11) is 0. The average molecular weight is 250 g/mol. The smallest absolute Gasteiger partial charge is 0.328 e. The van der Waals surface area contributed by atoms with Crippen LogP contribution < -0.4 is 5.48 Å². The SMILES string of the molecule is C/C(C#N)=C\[C@@H]1[C@@H](C(=O)ONC(C)(C)C)C1(C)C. The lowest BCUT2D eigenvalue weighted by molar-refractivity contribution is -0.157. The van der Waals surface area contributed by atoms with E-state index in [1.807, 2.05) is 40.7 Å². The third-order valence-electron chi connectivity index (χ3n) is 3.23. The molecule has 4 heteroatoms.